The maximum absolute atomic E-state index is 13.0. The van der Waals surface area contributed by atoms with E-state index < -0.39 is 0 Å². The van der Waals surface area contributed by atoms with Gasteiger partial charge >= 0.3 is 0 Å². The van der Waals surface area contributed by atoms with Gasteiger partial charge in [-0.15, -0.1) is 6.58 Å². The highest BCUT2D eigenvalue weighted by Crippen LogP contribution is 2.20. The van der Waals surface area contributed by atoms with Crippen LogP contribution in [0, 0.1) is 0 Å². The molecule has 1 heterocycles. The van der Waals surface area contributed by atoms with Gasteiger partial charge in [-0.25, -0.2) is 10.4 Å². The number of hydrogen-bond acceptors (Lipinski definition) is 6. The van der Waals surface area contributed by atoms with Crippen LogP contribution in [0.25, 0.3) is 11.4 Å². The van der Waals surface area contributed by atoms with Crippen LogP contribution in [0.1, 0.15) is 12.0 Å². The van der Waals surface area contributed by atoms with Crippen LogP contribution in [0.2, 0.25) is 0 Å². The summed E-state index contributed by atoms with van der Waals surface area (Å²) >= 11 is 0. The molecular formula is C23H27N5O2. The molecule has 0 unspecified atom stereocenters. The Kier molecular flexibility index (Phi) is 7.77. The number of rotatable bonds is 11. The summed E-state index contributed by atoms with van der Waals surface area (Å²) in [4.78, 5) is 17.5. The monoisotopic (exact) mass is 405 g/mol. The summed E-state index contributed by atoms with van der Waals surface area (Å²) in [7, 11) is 0. The fourth-order valence-corrected chi connectivity index (χ4v) is 3.13. The molecule has 3 aromatic rings. The second kappa shape index (κ2) is 10.9. The van der Waals surface area contributed by atoms with Crippen molar-refractivity contribution in [2.45, 2.75) is 19.4 Å². The zero-order valence-electron chi connectivity index (χ0n) is 16.9. The number of anilines is 1. The van der Waals surface area contributed by atoms with E-state index in [9.17, 15) is 4.79 Å². The number of allylic oxidation sites excluding steroid dienone is 1. The van der Waals surface area contributed by atoms with Crippen molar-refractivity contribution in [2.75, 3.05) is 18.6 Å². The van der Waals surface area contributed by atoms with Gasteiger partial charge in [0.1, 0.15) is 17.3 Å². The predicted octanol–water partition coefficient (Wildman–Crippen LogP) is 2.94. The van der Waals surface area contributed by atoms with Gasteiger partial charge in [0.05, 0.1) is 6.20 Å². The number of nitrogens with one attached hydrogen (secondary N) is 2. The van der Waals surface area contributed by atoms with E-state index >= 15 is 0 Å². The highest BCUT2D eigenvalue weighted by molar-refractivity contribution is 5.58. The summed E-state index contributed by atoms with van der Waals surface area (Å²) in [6.45, 7) is 5.05. The lowest BCUT2D eigenvalue weighted by molar-refractivity contribution is 0.286. The van der Waals surface area contributed by atoms with Crippen LogP contribution in [0.4, 0.5) is 5.69 Å². The number of hydrazine groups is 1. The number of benzene rings is 2. The average Bonchev–Trinajstić information content (AvgIpc) is 2.79. The van der Waals surface area contributed by atoms with Gasteiger partial charge in [-0.3, -0.25) is 15.2 Å². The molecule has 0 amide bonds. The van der Waals surface area contributed by atoms with Crippen molar-refractivity contribution in [1.29, 1.82) is 0 Å². The lowest BCUT2D eigenvalue weighted by atomic mass is 10.1. The minimum atomic E-state index is -0.118. The Hall–Kier alpha value is -3.42. The largest absolute Gasteiger partial charge is 0.477 e. The number of nitrogens with two attached hydrogens (primary N) is 1. The van der Waals surface area contributed by atoms with Crippen LogP contribution < -0.4 is 26.9 Å². The fraction of sp³-hybridized carbons (Fsp3) is 0.217. The van der Waals surface area contributed by atoms with Gasteiger partial charge in [0.15, 0.2) is 6.73 Å². The number of ether oxygens (including phenoxy) is 1. The smallest absolute Gasteiger partial charge is 0.277 e. The molecule has 0 atom stereocenters. The minimum absolute atomic E-state index is 0.118. The van der Waals surface area contributed by atoms with Crippen molar-refractivity contribution >= 4 is 5.69 Å². The SMILES string of the molecule is C=CCn1c(-c2ccc(OCNN)cc2)ncc(NCCCc2ccccc2)c1=O. The van der Waals surface area contributed by atoms with Crippen LogP contribution in [0.3, 0.4) is 0 Å². The normalized spacial score (nSPS) is 10.6. The lowest BCUT2D eigenvalue weighted by Crippen LogP contribution is -2.26. The molecule has 7 nitrogen and oxygen atoms in total. The predicted molar refractivity (Wildman–Crippen MR) is 120 cm³/mol. The molecule has 0 aliphatic rings. The van der Waals surface area contributed by atoms with E-state index in [1.54, 1.807) is 16.8 Å². The first-order valence-corrected chi connectivity index (χ1v) is 9.88. The molecule has 0 spiro atoms. The second-order valence-corrected chi connectivity index (χ2v) is 6.73. The van der Waals surface area contributed by atoms with Crippen molar-refractivity contribution in [2.24, 2.45) is 5.84 Å². The third-order valence-electron chi connectivity index (χ3n) is 4.59. The molecule has 0 saturated carbocycles. The van der Waals surface area contributed by atoms with Crippen LogP contribution in [-0.2, 0) is 13.0 Å². The molecule has 0 saturated heterocycles. The van der Waals surface area contributed by atoms with E-state index in [0.29, 0.717) is 30.4 Å². The fourth-order valence-electron chi connectivity index (χ4n) is 3.13. The van der Waals surface area contributed by atoms with Crippen molar-refractivity contribution in [3.63, 3.8) is 0 Å². The molecule has 156 valence electrons. The maximum Gasteiger partial charge on any atom is 0.277 e. The van der Waals surface area contributed by atoms with Crippen LogP contribution >= 0.6 is 0 Å². The van der Waals surface area contributed by atoms with Gasteiger partial charge < -0.3 is 10.1 Å². The van der Waals surface area contributed by atoms with Crippen molar-refractivity contribution in [3.8, 4) is 17.1 Å². The topological polar surface area (TPSA) is 94.2 Å². The Balaban J connectivity index is 1.72. The molecule has 0 aliphatic heterocycles. The third-order valence-corrected chi connectivity index (χ3v) is 4.59. The third kappa shape index (κ3) is 5.56. The molecule has 0 bridgehead atoms. The maximum atomic E-state index is 13.0. The highest BCUT2D eigenvalue weighted by atomic mass is 16.5. The first kappa shape index (κ1) is 21.3. The quantitative estimate of drug-likeness (QED) is 0.149. The molecule has 0 fully saturated rings. The van der Waals surface area contributed by atoms with Crippen molar-refractivity contribution in [1.82, 2.24) is 15.0 Å². The van der Waals surface area contributed by atoms with E-state index in [0.717, 1.165) is 18.4 Å². The number of aromatic nitrogens is 2. The number of hydrogen-bond donors (Lipinski definition) is 3. The standard InChI is InChI=1S/C23H27N5O2/c1-2-15-28-22(19-10-12-20(13-11-19)30-17-27-24)26-16-21(23(28)29)25-14-6-9-18-7-4-3-5-8-18/h2-5,7-8,10-13,16,25,27H,1,6,9,14-15,17,24H2. The molecule has 1 aromatic heterocycles. The first-order valence-electron chi connectivity index (χ1n) is 9.88. The minimum Gasteiger partial charge on any atom is -0.477 e. The number of aryl methyl sites for hydroxylation is 1. The van der Waals surface area contributed by atoms with E-state index in [2.05, 4.69) is 34.4 Å². The molecule has 30 heavy (non-hydrogen) atoms. The van der Waals surface area contributed by atoms with Crippen LogP contribution in [-0.4, -0.2) is 22.8 Å². The Labute approximate surface area is 176 Å². The van der Waals surface area contributed by atoms with Gasteiger partial charge in [-0.05, 0) is 42.7 Å². The Morgan fingerprint density at radius 1 is 1.13 bits per heavy atom. The van der Waals surface area contributed by atoms with E-state index in [4.69, 9.17) is 10.6 Å². The molecule has 3 rings (SSSR count). The lowest BCUT2D eigenvalue weighted by Gasteiger charge is -2.14. The first-order chi connectivity index (χ1) is 14.7. The molecule has 2 aromatic carbocycles. The summed E-state index contributed by atoms with van der Waals surface area (Å²) in [5, 5.41) is 3.22. The summed E-state index contributed by atoms with van der Waals surface area (Å²) in [5.74, 6) is 6.47. The van der Waals surface area contributed by atoms with Crippen LogP contribution in [0.15, 0.2) is 78.2 Å². The van der Waals surface area contributed by atoms with Crippen molar-refractivity contribution < 1.29 is 4.74 Å². The summed E-state index contributed by atoms with van der Waals surface area (Å²) in [6.07, 6.45) is 5.17. The zero-order chi connectivity index (χ0) is 21.2. The summed E-state index contributed by atoms with van der Waals surface area (Å²) in [6, 6.07) is 17.6. The number of nitrogens with zero attached hydrogens (tertiary/aromatic N) is 2. The highest BCUT2D eigenvalue weighted by Gasteiger charge is 2.11. The zero-order valence-corrected chi connectivity index (χ0v) is 16.9. The van der Waals surface area contributed by atoms with E-state index in [1.165, 1.54) is 5.56 Å². The molecule has 4 N–H and O–H groups in total. The van der Waals surface area contributed by atoms with Gasteiger partial charge in [0.2, 0.25) is 0 Å². The van der Waals surface area contributed by atoms with Gasteiger partial charge in [0.25, 0.3) is 5.56 Å². The average molecular weight is 406 g/mol. The molecular weight excluding hydrogens is 378 g/mol. The van der Waals surface area contributed by atoms with Crippen LogP contribution in [0.5, 0.6) is 5.75 Å². The second-order valence-electron chi connectivity index (χ2n) is 6.73. The van der Waals surface area contributed by atoms with Gasteiger partial charge in [-0.1, -0.05) is 36.4 Å². The van der Waals surface area contributed by atoms with Gasteiger partial charge in [0, 0.05) is 18.7 Å². The molecule has 0 radical (unpaired) electrons. The Morgan fingerprint density at radius 3 is 2.60 bits per heavy atom. The molecule has 0 aliphatic carbocycles. The summed E-state index contributed by atoms with van der Waals surface area (Å²) in [5.41, 5.74) is 4.91. The molecule has 7 heteroatoms. The summed E-state index contributed by atoms with van der Waals surface area (Å²) < 4.78 is 7.02. The Bertz CT molecular complexity index is 1000. The van der Waals surface area contributed by atoms with Crippen molar-refractivity contribution in [3.05, 3.63) is 89.4 Å². The van der Waals surface area contributed by atoms with E-state index in [-0.39, 0.29) is 12.3 Å². The Morgan fingerprint density at radius 2 is 1.90 bits per heavy atom. The van der Waals surface area contributed by atoms with Gasteiger partial charge in [-0.2, -0.15) is 0 Å². The van der Waals surface area contributed by atoms with E-state index in [1.807, 2.05) is 42.5 Å².